The molecule has 2 aliphatic heterocycles. The van der Waals surface area contributed by atoms with E-state index in [9.17, 15) is 24.3 Å². The molecule has 3 rings (SSSR count). The highest BCUT2D eigenvalue weighted by atomic mass is 32.2. The van der Waals surface area contributed by atoms with Crippen LogP contribution in [0.3, 0.4) is 0 Å². The van der Waals surface area contributed by atoms with Gasteiger partial charge >= 0.3 is 5.97 Å². The predicted octanol–water partition coefficient (Wildman–Crippen LogP) is 2.15. The maximum absolute atomic E-state index is 12.9. The van der Waals surface area contributed by atoms with Gasteiger partial charge in [0.05, 0.1) is 10.9 Å². The summed E-state index contributed by atoms with van der Waals surface area (Å²) in [5.74, 6) is -1.97. The Labute approximate surface area is 183 Å². The van der Waals surface area contributed by atoms with Gasteiger partial charge < -0.3 is 20.6 Å². The molecule has 4 atom stereocenters. The molecule has 0 aromatic heterocycles. The molecule has 2 heterocycles. The molecule has 0 bridgehead atoms. The number of hydrogen-bond donors (Lipinski definition) is 3. The Morgan fingerprint density at radius 2 is 1.87 bits per heavy atom. The molecule has 10 heteroatoms. The number of anilines is 1. The van der Waals surface area contributed by atoms with E-state index in [1.807, 2.05) is 12.1 Å². The maximum Gasteiger partial charge on any atom is 0.327 e. The number of hydrogen-bond acceptors (Lipinski definition) is 6. The van der Waals surface area contributed by atoms with Crippen LogP contribution in [0.4, 0.5) is 5.69 Å². The molecular formula is C20H25N3O5S2. The number of rotatable bonds is 6. The SMILES string of the molecule is CC(=O)Nc1ccccc1SC(C)C(=O)N[C@@]1(C)C(=O)N2[C@@H](C(=O)O)C(C)(C)S[C@@H]21. The predicted molar refractivity (Wildman–Crippen MR) is 116 cm³/mol. The standard InChI is InChI=1S/C20H25N3O5S2/c1-10(29-13-9-7-6-8-12(13)21-11(2)24)15(25)22-20(5)17(28)23-14(16(26)27)19(3,4)30-18(20)23/h6-10,14,18H,1-5H3,(H,21,24)(H,22,25)(H,26,27)/t10?,14-,18+,20-/m0/s1. The second-order valence-corrected chi connectivity index (χ2v) is 11.3. The number of amides is 3. The van der Waals surface area contributed by atoms with Crippen LogP contribution in [0.25, 0.3) is 0 Å². The highest BCUT2D eigenvalue weighted by molar-refractivity contribution is 8.01. The molecule has 2 aliphatic rings. The number of para-hydroxylation sites is 1. The molecule has 0 radical (unpaired) electrons. The summed E-state index contributed by atoms with van der Waals surface area (Å²) >= 11 is 2.66. The minimum Gasteiger partial charge on any atom is -0.480 e. The van der Waals surface area contributed by atoms with Gasteiger partial charge in [-0.3, -0.25) is 14.4 Å². The van der Waals surface area contributed by atoms with Crippen LogP contribution in [0.5, 0.6) is 0 Å². The number of aliphatic carboxylic acids is 1. The van der Waals surface area contributed by atoms with Crippen molar-refractivity contribution in [2.45, 2.75) is 66.5 Å². The summed E-state index contributed by atoms with van der Waals surface area (Å²) in [4.78, 5) is 50.9. The zero-order valence-electron chi connectivity index (χ0n) is 17.4. The third-order valence-corrected chi connectivity index (χ3v) is 8.19. The van der Waals surface area contributed by atoms with Gasteiger partial charge in [0.1, 0.15) is 17.0 Å². The van der Waals surface area contributed by atoms with E-state index in [1.54, 1.807) is 39.8 Å². The molecule has 1 aromatic carbocycles. The zero-order chi connectivity index (χ0) is 22.4. The lowest BCUT2D eigenvalue weighted by molar-refractivity contribution is -0.167. The average Bonchev–Trinajstić information content (AvgIpc) is 2.92. The number of carboxylic acids is 1. The molecule has 3 N–H and O–H groups in total. The monoisotopic (exact) mass is 451 g/mol. The number of carbonyl (C=O) groups excluding carboxylic acids is 3. The first-order valence-corrected chi connectivity index (χ1v) is 11.2. The van der Waals surface area contributed by atoms with Crippen molar-refractivity contribution in [3.05, 3.63) is 24.3 Å². The van der Waals surface area contributed by atoms with Crippen LogP contribution < -0.4 is 10.6 Å². The largest absolute Gasteiger partial charge is 0.480 e. The lowest BCUT2D eigenvalue weighted by atomic mass is 9.86. The minimum absolute atomic E-state index is 0.207. The first-order valence-electron chi connectivity index (χ1n) is 9.47. The number of benzene rings is 1. The molecule has 1 aromatic rings. The van der Waals surface area contributed by atoms with E-state index in [4.69, 9.17) is 0 Å². The van der Waals surface area contributed by atoms with Gasteiger partial charge in [-0.1, -0.05) is 12.1 Å². The molecule has 2 fully saturated rings. The average molecular weight is 452 g/mol. The summed E-state index contributed by atoms with van der Waals surface area (Å²) < 4.78 is -0.660. The number of carboxylic acid groups (broad SMARTS) is 1. The van der Waals surface area contributed by atoms with Crippen molar-refractivity contribution in [3.8, 4) is 0 Å². The molecule has 8 nitrogen and oxygen atoms in total. The van der Waals surface area contributed by atoms with Crippen molar-refractivity contribution in [1.82, 2.24) is 10.2 Å². The first kappa shape index (κ1) is 22.5. The summed E-state index contributed by atoms with van der Waals surface area (Å²) in [5, 5.41) is 14.2. The van der Waals surface area contributed by atoms with E-state index in [2.05, 4.69) is 10.6 Å². The fourth-order valence-corrected chi connectivity index (χ4v) is 6.40. The third kappa shape index (κ3) is 3.78. The number of thioether (sulfide) groups is 2. The molecule has 0 spiro atoms. The van der Waals surface area contributed by atoms with Crippen LogP contribution in [-0.2, 0) is 19.2 Å². The van der Waals surface area contributed by atoms with Gasteiger partial charge in [-0.15, -0.1) is 23.5 Å². The van der Waals surface area contributed by atoms with Gasteiger partial charge in [-0.05, 0) is 39.8 Å². The van der Waals surface area contributed by atoms with Crippen molar-refractivity contribution in [2.75, 3.05) is 5.32 Å². The fourth-order valence-electron chi connectivity index (χ4n) is 3.80. The summed E-state index contributed by atoms with van der Waals surface area (Å²) in [6, 6.07) is 6.24. The maximum atomic E-state index is 12.9. The van der Waals surface area contributed by atoms with Gasteiger partial charge in [0.25, 0.3) is 5.91 Å². The van der Waals surface area contributed by atoms with Crippen LogP contribution in [-0.4, -0.2) is 60.6 Å². The molecule has 0 saturated carbocycles. The fraction of sp³-hybridized carbons (Fsp3) is 0.500. The van der Waals surface area contributed by atoms with Crippen molar-refractivity contribution in [1.29, 1.82) is 0 Å². The summed E-state index contributed by atoms with van der Waals surface area (Å²) in [6.07, 6.45) is 0. The van der Waals surface area contributed by atoms with E-state index in [-0.39, 0.29) is 17.7 Å². The second-order valence-electron chi connectivity index (χ2n) is 8.16. The highest BCUT2D eigenvalue weighted by Gasteiger charge is 2.70. The van der Waals surface area contributed by atoms with E-state index >= 15 is 0 Å². The lowest BCUT2D eigenvalue weighted by Gasteiger charge is -2.51. The smallest absolute Gasteiger partial charge is 0.327 e. The van der Waals surface area contributed by atoms with Gasteiger partial charge in [0, 0.05) is 16.6 Å². The summed E-state index contributed by atoms with van der Waals surface area (Å²) in [5.41, 5.74) is -0.543. The Hall–Kier alpha value is -2.20. The molecule has 30 heavy (non-hydrogen) atoms. The summed E-state index contributed by atoms with van der Waals surface area (Å²) in [6.45, 7) is 8.37. The van der Waals surface area contributed by atoms with Crippen molar-refractivity contribution in [3.63, 3.8) is 0 Å². The van der Waals surface area contributed by atoms with Crippen molar-refractivity contribution in [2.24, 2.45) is 0 Å². The number of nitrogens with zero attached hydrogens (tertiary/aromatic N) is 1. The summed E-state index contributed by atoms with van der Waals surface area (Å²) in [7, 11) is 0. The first-order chi connectivity index (χ1) is 13.9. The molecule has 0 aliphatic carbocycles. The van der Waals surface area contributed by atoms with Crippen LogP contribution in [0, 0.1) is 0 Å². The lowest BCUT2D eigenvalue weighted by Crippen LogP contribution is -2.78. The molecule has 3 amide bonds. The van der Waals surface area contributed by atoms with Crippen molar-refractivity contribution >= 4 is 52.9 Å². The van der Waals surface area contributed by atoms with E-state index < -0.39 is 32.9 Å². The Balaban J connectivity index is 1.72. The normalized spacial score (nSPS) is 27.6. The number of nitrogens with one attached hydrogen (secondary N) is 2. The molecule has 2 saturated heterocycles. The minimum atomic E-state index is -1.16. The number of fused-ring (bicyclic) bond motifs is 1. The molecular weight excluding hydrogens is 426 g/mol. The Morgan fingerprint density at radius 1 is 1.23 bits per heavy atom. The quantitative estimate of drug-likeness (QED) is 0.448. The van der Waals surface area contributed by atoms with E-state index in [0.717, 1.165) is 4.90 Å². The van der Waals surface area contributed by atoms with Gasteiger partial charge in [0.2, 0.25) is 11.8 Å². The highest BCUT2D eigenvalue weighted by Crippen LogP contribution is 2.54. The third-order valence-electron chi connectivity index (χ3n) is 5.26. The number of carbonyl (C=O) groups is 4. The van der Waals surface area contributed by atoms with Crippen LogP contribution in [0.1, 0.15) is 34.6 Å². The molecule has 1 unspecified atom stereocenters. The zero-order valence-corrected chi connectivity index (χ0v) is 19.0. The van der Waals surface area contributed by atoms with Crippen LogP contribution in [0.2, 0.25) is 0 Å². The van der Waals surface area contributed by atoms with Gasteiger partial charge in [-0.25, -0.2) is 4.79 Å². The number of β-lactam (4-membered cyclic amide) rings is 1. The van der Waals surface area contributed by atoms with Gasteiger partial charge in [0.15, 0.2) is 0 Å². The Morgan fingerprint density at radius 3 is 2.47 bits per heavy atom. The van der Waals surface area contributed by atoms with E-state index in [1.165, 1.54) is 35.3 Å². The Bertz CT molecular complexity index is 921. The second kappa shape index (κ2) is 7.81. The van der Waals surface area contributed by atoms with E-state index in [0.29, 0.717) is 5.69 Å². The van der Waals surface area contributed by atoms with Gasteiger partial charge in [-0.2, -0.15) is 0 Å². The van der Waals surface area contributed by atoms with Crippen LogP contribution >= 0.6 is 23.5 Å². The Kier molecular flexibility index (Phi) is 5.85. The van der Waals surface area contributed by atoms with Crippen molar-refractivity contribution < 1.29 is 24.3 Å². The molecule has 162 valence electrons. The topological polar surface area (TPSA) is 116 Å². The van der Waals surface area contributed by atoms with Crippen LogP contribution in [0.15, 0.2) is 29.2 Å².